The fourth-order valence-corrected chi connectivity index (χ4v) is 3.33. The monoisotopic (exact) mass is 334 g/mol. The number of amides is 1. The molecule has 0 N–H and O–H groups in total. The first-order chi connectivity index (χ1) is 10.7. The van der Waals surface area contributed by atoms with Crippen molar-refractivity contribution in [1.82, 2.24) is 5.01 Å². The average Bonchev–Trinajstić information content (AvgIpc) is 3.17. The molecule has 1 aromatic heterocycles. The molecule has 6 heteroatoms. The van der Waals surface area contributed by atoms with E-state index in [1.807, 2.05) is 41.8 Å². The average molecular weight is 335 g/mol. The van der Waals surface area contributed by atoms with Crippen LogP contribution in [0.15, 0.2) is 46.9 Å². The van der Waals surface area contributed by atoms with Crippen molar-refractivity contribution in [2.75, 3.05) is 6.61 Å². The molecule has 114 valence electrons. The van der Waals surface area contributed by atoms with E-state index in [4.69, 9.17) is 16.3 Å². The molecule has 1 aromatic carbocycles. The van der Waals surface area contributed by atoms with Crippen molar-refractivity contribution in [3.8, 4) is 0 Å². The zero-order chi connectivity index (χ0) is 15.5. The van der Waals surface area contributed by atoms with Crippen LogP contribution in [0.25, 0.3) is 0 Å². The number of carbonyl (C=O) groups is 1. The highest BCUT2D eigenvalue weighted by molar-refractivity contribution is 7.10. The van der Waals surface area contributed by atoms with Gasteiger partial charge in [0, 0.05) is 16.3 Å². The topological polar surface area (TPSA) is 41.9 Å². The molecule has 1 aliphatic rings. The smallest absolute Gasteiger partial charge is 0.431 e. The van der Waals surface area contributed by atoms with Crippen molar-refractivity contribution in [3.63, 3.8) is 0 Å². The molecule has 1 aliphatic heterocycles. The van der Waals surface area contributed by atoms with Gasteiger partial charge in [0.05, 0.1) is 18.4 Å². The Bertz CT molecular complexity index is 683. The highest BCUT2D eigenvalue weighted by Crippen LogP contribution is 2.35. The van der Waals surface area contributed by atoms with Gasteiger partial charge in [-0.15, -0.1) is 11.3 Å². The van der Waals surface area contributed by atoms with E-state index in [-0.39, 0.29) is 6.04 Å². The molecule has 0 spiro atoms. The second kappa shape index (κ2) is 6.50. The first kappa shape index (κ1) is 15.1. The van der Waals surface area contributed by atoms with Gasteiger partial charge in [-0.1, -0.05) is 29.8 Å². The molecule has 22 heavy (non-hydrogen) atoms. The summed E-state index contributed by atoms with van der Waals surface area (Å²) in [5.41, 5.74) is 1.83. The van der Waals surface area contributed by atoms with Crippen LogP contribution in [-0.2, 0) is 4.74 Å². The number of nitrogens with zero attached hydrogens (tertiary/aromatic N) is 2. The second-order valence-electron chi connectivity index (χ2n) is 4.83. The minimum absolute atomic E-state index is 0.107. The third kappa shape index (κ3) is 3.00. The predicted molar refractivity (Wildman–Crippen MR) is 88.5 cm³/mol. The maximum atomic E-state index is 12.2. The van der Waals surface area contributed by atoms with E-state index in [2.05, 4.69) is 5.10 Å². The Balaban J connectivity index is 1.91. The highest BCUT2D eigenvalue weighted by atomic mass is 35.5. The Labute approximate surface area is 138 Å². The first-order valence-corrected chi connectivity index (χ1v) is 8.27. The lowest BCUT2D eigenvalue weighted by atomic mass is 10.0. The van der Waals surface area contributed by atoms with Gasteiger partial charge in [-0.2, -0.15) is 10.1 Å². The summed E-state index contributed by atoms with van der Waals surface area (Å²) in [5.74, 6) is 0. The summed E-state index contributed by atoms with van der Waals surface area (Å²) in [5, 5.41) is 8.61. The van der Waals surface area contributed by atoms with E-state index in [0.29, 0.717) is 18.1 Å². The summed E-state index contributed by atoms with van der Waals surface area (Å²) >= 11 is 7.54. The Hall–Kier alpha value is -1.85. The minimum Gasteiger partial charge on any atom is -0.448 e. The zero-order valence-corrected chi connectivity index (χ0v) is 13.6. The molecule has 0 fully saturated rings. The van der Waals surface area contributed by atoms with E-state index in [9.17, 15) is 4.79 Å². The SMILES string of the molecule is CCOC(=O)N1N=C(c2ccc(Cl)cc2)CC1c1cccs1. The van der Waals surface area contributed by atoms with Crippen LogP contribution in [0.1, 0.15) is 29.8 Å². The van der Waals surface area contributed by atoms with Crippen LogP contribution >= 0.6 is 22.9 Å². The predicted octanol–water partition coefficient (Wildman–Crippen LogP) is 4.71. The number of benzene rings is 1. The molecule has 1 amide bonds. The van der Waals surface area contributed by atoms with E-state index in [0.717, 1.165) is 16.2 Å². The van der Waals surface area contributed by atoms with Crippen LogP contribution in [0.5, 0.6) is 0 Å². The Morgan fingerprint density at radius 1 is 1.41 bits per heavy atom. The molecule has 4 nitrogen and oxygen atoms in total. The third-order valence-corrected chi connectivity index (χ3v) is 4.64. The lowest BCUT2D eigenvalue weighted by Gasteiger charge is -2.19. The summed E-state index contributed by atoms with van der Waals surface area (Å²) in [6.45, 7) is 2.12. The summed E-state index contributed by atoms with van der Waals surface area (Å²) in [6, 6.07) is 11.4. The number of hydrogen-bond donors (Lipinski definition) is 0. The van der Waals surface area contributed by atoms with E-state index >= 15 is 0 Å². The van der Waals surface area contributed by atoms with Gasteiger partial charge in [0.2, 0.25) is 0 Å². The van der Waals surface area contributed by atoms with Crippen LogP contribution in [0.2, 0.25) is 5.02 Å². The Morgan fingerprint density at radius 3 is 2.82 bits per heavy atom. The van der Waals surface area contributed by atoms with E-state index < -0.39 is 6.09 Å². The number of ether oxygens (including phenoxy) is 1. The van der Waals surface area contributed by atoms with E-state index in [1.54, 1.807) is 18.3 Å². The molecule has 3 rings (SSSR count). The maximum absolute atomic E-state index is 12.2. The van der Waals surface area contributed by atoms with Crippen LogP contribution in [0.3, 0.4) is 0 Å². The number of hydrazone groups is 1. The molecular formula is C16H15ClN2O2S. The van der Waals surface area contributed by atoms with Crippen molar-refractivity contribution in [1.29, 1.82) is 0 Å². The quantitative estimate of drug-likeness (QED) is 0.815. The maximum Gasteiger partial charge on any atom is 0.431 e. The normalized spacial score (nSPS) is 17.5. The number of rotatable bonds is 3. The number of carbonyl (C=O) groups excluding carboxylic acids is 1. The molecule has 0 saturated heterocycles. The summed E-state index contributed by atoms with van der Waals surface area (Å²) < 4.78 is 5.12. The number of halogens is 1. The lowest BCUT2D eigenvalue weighted by molar-refractivity contribution is 0.0980. The van der Waals surface area contributed by atoms with Gasteiger partial charge < -0.3 is 4.74 Å². The molecule has 0 saturated carbocycles. The van der Waals surface area contributed by atoms with Crippen molar-refractivity contribution >= 4 is 34.7 Å². The molecule has 0 bridgehead atoms. The van der Waals surface area contributed by atoms with Crippen molar-refractivity contribution in [3.05, 3.63) is 57.2 Å². The fraction of sp³-hybridized carbons (Fsp3) is 0.250. The molecule has 0 radical (unpaired) electrons. The molecule has 1 atom stereocenters. The molecule has 1 unspecified atom stereocenters. The van der Waals surface area contributed by atoms with Crippen molar-refractivity contribution < 1.29 is 9.53 Å². The highest BCUT2D eigenvalue weighted by Gasteiger charge is 2.34. The van der Waals surface area contributed by atoms with Gasteiger partial charge in [-0.05, 0) is 36.1 Å². The molecule has 2 heterocycles. The van der Waals surface area contributed by atoms with Gasteiger partial charge in [0.25, 0.3) is 0 Å². The van der Waals surface area contributed by atoms with E-state index in [1.165, 1.54) is 5.01 Å². The first-order valence-electron chi connectivity index (χ1n) is 7.02. The van der Waals surface area contributed by atoms with Crippen LogP contribution in [0, 0.1) is 0 Å². The standard InChI is InChI=1S/C16H15ClN2O2S/c1-2-21-16(20)19-14(15-4-3-9-22-15)10-13(18-19)11-5-7-12(17)8-6-11/h3-9,14H,2,10H2,1H3. The second-order valence-corrected chi connectivity index (χ2v) is 6.25. The lowest BCUT2D eigenvalue weighted by Crippen LogP contribution is -2.27. The van der Waals surface area contributed by atoms with Gasteiger partial charge >= 0.3 is 6.09 Å². The minimum atomic E-state index is -0.412. The van der Waals surface area contributed by atoms with Crippen LogP contribution in [0.4, 0.5) is 4.79 Å². The van der Waals surface area contributed by atoms with Crippen LogP contribution < -0.4 is 0 Å². The Kier molecular flexibility index (Phi) is 4.45. The van der Waals surface area contributed by atoms with Gasteiger partial charge in [-0.3, -0.25) is 0 Å². The van der Waals surface area contributed by atoms with Gasteiger partial charge in [0.15, 0.2) is 0 Å². The Morgan fingerprint density at radius 2 is 2.18 bits per heavy atom. The summed E-state index contributed by atoms with van der Waals surface area (Å²) in [4.78, 5) is 13.3. The third-order valence-electron chi connectivity index (χ3n) is 3.41. The van der Waals surface area contributed by atoms with Gasteiger partial charge in [0.1, 0.15) is 0 Å². The molecule has 0 aliphatic carbocycles. The van der Waals surface area contributed by atoms with Crippen molar-refractivity contribution in [2.24, 2.45) is 5.10 Å². The zero-order valence-electron chi connectivity index (χ0n) is 12.0. The number of hydrogen-bond acceptors (Lipinski definition) is 4. The number of thiophene rings is 1. The molecule has 2 aromatic rings. The van der Waals surface area contributed by atoms with Crippen molar-refractivity contribution in [2.45, 2.75) is 19.4 Å². The largest absolute Gasteiger partial charge is 0.448 e. The summed E-state index contributed by atoms with van der Waals surface area (Å²) in [7, 11) is 0. The van der Waals surface area contributed by atoms with Gasteiger partial charge in [-0.25, -0.2) is 4.79 Å². The summed E-state index contributed by atoms with van der Waals surface area (Å²) in [6.07, 6.45) is 0.255. The molecular weight excluding hydrogens is 320 g/mol. The fourth-order valence-electron chi connectivity index (χ4n) is 2.39. The van der Waals surface area contributed by atoms with Crippen LogP contribution in [-0.4, -0.2) is 23.4 Å².